The van der Waals surface area contributed by atoms with Gasteiger partial charge in [0.2, 0.25) is 0 Å². The van der Waals surface area contributed by atoms with Gasteiger partial charge in [0.05, 0.1) is 5.69 Å². The first-order chi connectivity index (χ1) is 14.6. The monoisotopic (exact) mass is 410 g/mol. The van der Waals surface area contributed by atoms with Crippen molar-refractivity contribution in [3.05, 3.63) is 47.8 Å². The smallest absolute Gasteiger partial charge is 0.258 e. The van der Waals surface area contributed by atoms with E-state index in [0.29, 0.717) is 12.0 Å². The Morgan fingerprint density at radius 2 is 2.07 bits per heavy atom. The lowest BCUT2D eigenvalue weighted by Crippen LogP contribution is -2.51. The molecule has 1 fully saturated rings. The van der Waals surface area contributed by atoms with Crippen molar-refractivity contribution in [3.63, 3.8) is 0 Å². The molecule has 0 saturated carbocycles. The Bertz CT molecular complexity index is 847. The van der Waals surface area contributed by atoms with Crippen molar-refractivity contribution in [1.82, 2.24) is 20.0 Å². The van der Waals surface area contributed by atoms with E-state index < -0.39 is 0 Å². The number of para-hydroxylation sites is 1. The Kier molecular flexibility index (Phi) is 6.72. The van der Waals surface area contributed by atoms with Crippen molar-refractivity contribution in [1.29, 1.82) is 0 Å². The summed E-state index contributed by atoms with van der Waals surface area (Å²) in [5.74, 6) is 1.32. The van der Waals surface area contributed by atoms with Crippen molar-refractivity contribution < 1.29 is 9.53 Å². The average molecular weight is 411 g/mol. The molecule has 6 nitrogen and oxygen atoms in total. The Balaban J connectivity index is 1.42. The number of hydrogen-bond acceptors (Lipinski definition) is 4. The number of hydrogen-bond donors (Lipinski definition) is 1. The number of rotatable bonds is 3. The molecule has 1 amide bonds. The van der Waals surface area contributed by atoms with Crippen LogP contribution in [0.25, 0.3) is 0 Å². The Morgan fingerprint density at radius 3 is 2.93 bits per heavy atom. The van der Waals surface area contributed by atoms with E-state index in [-0.39, 0.29) is 18.6 Å². The van der Waals surface area contributed by atoms with Gasteiger partial charge in [-0.05, 0) is 63.1 Å². The van der Waals surface area contributed by atoms with Gasteiger partial charge >= 0.3 is 0 Å². The van der Waals surface area contributed by atoms with Crippen LogP contribution in [0.1, 0.15) is 56.8 Å². The van der Waals surface area contributed by atoms with Crippen molar-refractivity contribution in [2.75, 3.05) is 19.7 Å². The quantitative estimate of drug-likeness (QED) is 0.840. The van der Waals surface area contributed by atoms with Crippen LogP contribution in [-0.2, 0) is 17.8 Å². The number of likely N-dealkylation sites (tertiary alicyclic amines) is 1. The lowest BCUT2D eigenvalue weighted by atomic mass is 9.87. The van der Waals surface area contributed by atoms with Gasteiger partial charge in [-0.15, -0.1) is 0 Å². The van der Waals surface area contributed by atoms with Gasteiger partial charge in [0, 0.05) is 37.9 Å². The third kappa shape index (κ3) is 5.04. The molecule has 1 saturated heterocycles. The molecular weight excluding hydrogens is 376 g/mol. The van der Waals surface area contributed by atoms with E-state index in [1.807, 2.05) is 24.4 Å². The number of aryl methyl sites for hydroxylation is 1. The number of nitrogens with zero attached hydrogens (tertiary/aromatic N) is 3. The predicted molar refractivity (Wildman–Crippen MR) is 117 cm³/mol. The molecule has 1 aromatic heterocycles. The maximum Gasteiger partial charge on any atom is 0.258 e. The fraction of sp³-hybridized carbons (Fsp3) is 0.583. The van der Waals surface area contributed by atoms with Gasteiger partial charge in [-0.2, -0.15) is 5.10 Å². The zero-order valence-electron chi connectivity index (χ0n) is 18.2. The molecule has 1 N–H and O–H groups in total. The number of fused-ring (bicyclic) bond motifs is 2. The van der Waals surface area contributed by atoms with Crippen LogP contribution in [0, 0.1) is 5.92 Å². The third-order valence-corrected chi connectivity index (χ3v) is 6.39. The molecule has 3 heterocycles. The number of piperidine rings is 1. The van der Waals surface area contributed by atoms with E-state index in [1.165, 1.54) is 17.7 Å². The van der Waals surface area contributed by atoms with Gasteiger partial charge in [-0.25, -0.2) is 0 Å². The van der Waals surface area contributed by atoms with Gasteiger partial charge in [-0.3, -0.25) is 14.4 Å². The molecule has 0 aliphatic carbocycles. The standard InChI is InChI=1S/C24H34N4O2/c1-18(2)28-21(11-13-25-28)16-27-14-12-22-20(15-27)9-4-3-7-19-8-5-6-10-23(19)30-17-24(29)26-22/h5-6,8,10-11,13,18,20,22H,3-4,7,9,12,14-17H2,1-2H3,(H,26,29)/t20-,22+/m0/s1. The Hall–Kier alpha value is -2.34. The van der Waals surface area contributed by atoms with Crippen molar-refractivity contribution in [2.24, 2.45) is 5.92 Å². The van der Waals surface area contributed by atoms with Gasteiger partial charge < -0.3 is 10.1 Å². The summed E-state index contributed by atoms with van der Waals surface area (Å²) in [5, 5.41) is 7.75. The summed E-state index contributed by atoms with van der Waals surface area (Å²) in [5.41, 5.74) is 2.47. The highest BCUT2D eigenvalue weighted by Crippen LogP contribution is 2.27. The van der Waals surface area contributed by atoms with Gasteiger partial charge in [0.25, 0.3) is 5.91 Å². The SMILES string of the molecule is CC(C)n1nccc1CN1CC[C@H]2NC(=O)COc3ccccc3CCCC[C@H]2C1. The minimum Gasteiger partial charge on any atom is -0.483 e. The molecule has 1 aromatic carbocycles. The number of ether oxygens (including phenoxy) is 1. The Morgan fingerprint density at radius 1 is 1.20 bits per heavy atom. The summed E-state index contributed by atoms with van der Waals surface area (Å²) < 4.78 is 7.96. The van der Waals surface area contributed by atoms with E-state index in [0.717, 1.165) is 51.1 Å². The molecule has 2 aliphatic rings. The van der Waals surface area contributed by atoms with E-state index in [4.69, 9.17) is 4.74 Å². The topological polar surface area (TPSA) is 59.4 Å². The van der Waals surface area contributed by atoms with Crippen molar-refractivity contribution >= 4 is 5.91 Å². The molecule has 0 spiro atoms. The number of carbonyl (C=O) groups excluding carboxylic acids is 1. The molecule has 2 aromatic rings. The lowest BCUT2D eigenvalue weighted by Gasteiger charge is -2.39. The second kappa shape index (κ2) is 9.65. The molecule has 4 rings (SSSR count). The molecule has 2 atom stereocenters. The third-order valence-electron chi connectivity index (χ3n) is 6.39. The van der Waals surface area contributed by atoms with Gasteiger partial charge in [0.1, 0.15) is 5.75 Å². The number of carbonyl (C=O) groups is 1. The molecule has 30 heavy (non-hydrogen) atoms. The van der Waals surface area contributed by atoms with E-state index in [1.54, 1.807) is 0 Å². The number of benzene rings is 1. The molecule has 0 unspecified atom stereocenters. The molecular formula is C24H34N4O2. The fourth-order valence-corrected chi connectivity index (χ4v) is 4.86. The minimum absolute atomic E-state index is 0.00768. The van der Waals surface area contributed by atoms with Crippen molar-refractivity contribution in [2.45, 2.75) is 64.6 Å². The van der Waals surface area contributed by atoms with Crippen LogP contribution in [-0.4, -0.2) is 46.3 Å². The van der Waals surface area contributed by atoms with Crippen LogP contribution in [0.4, 0.5) is 0 Å². The molecule has 162 valence electrons. The van der Waals surface area contributed by atoms with Crippen molar-refractivity contribution in [3.8, 4) is 5.75 Å². The Labute approximate surface area is 179 Å². The highest BCUT2D eigenvalue weighted by molar-refractivity contribution is 5.78. The van der Waals surface area contributed by atoms with E-state index >= 15 is 0 Å². The number of amides is 1. The summed E-state index contributed by atoms with van der Waals surface area (Å²) in [6.07, 6.45) is 7.36. The summed E-state index contributed by atoms with van der Waals surface area (Å²) in [7, 11) is 0. The number of nitrogens with one attached hydrogen (secondary N) is 1. The predicted octanol–water partition coefficient (Wildman–Crippen LogP) is 3.58. The first-order valence-electron chi connectivity index (χ1n) is 11.3. The zero-order valence-corrected chi connectivity index (χ0v) is 18.2. The minimum atomic E-state index is -0.00768. The van der Waals surface area contributed by atoms with Crippen LogP contribution in [0.2, 0.25) is 0 Å². The van der Waals surface area contributed by atoms with E-state index in [9.17, 15) is 4.79 Å². The summed E-state index contributed by atoms with van der Waals surface area (Å²) in [6.45, 7) is 7.38. The number of aromatic nitrogens is 2. The highest BCUT2D eigenvalue weighted by atomic mass is 16.5. The van der Waals surface area contributed by atoms with Crippen LogP contribution in [0.3, 0.4) is 0 Å². The van der Waals surface area contributed by atoms with Crippen LogP contribution < -0.4 is 10.1 Å². The van der Waals surface area contributed by atoms with Crippen LogP contribution in [0.15, 0.2) is 36.5 Å². The fourth-order valence-electron chi connectivity index (χ4n) is 4.86. The summed E-state index contributed by atoms with van der Waals surface area (Å²) >= 11 is 0. The maximum atomic E-state index is 12.6. The molecule has 0 bridgehead atoms. The molecule has 0 radical (unpaired) electrons. The normalized spacial score (nSPS) is 23.5. The second-order valence-electron chi connectivity index (χ2n) is 8.96. The molecule has 2 aliphatic heterocycles. The zero-order chi connectivity index (χ0) is 20.9. The summed E-state index contributed by atoms with van der Waals surface area (Å²) in [4.78, 5) is 15.1. The van der Waals surface area contributed by atoms with Gasteiger partial charge in [0.15, 0.2) is 6.61 Å². The first-order valence-corrected chi connectivity index (χ1v) is 11.3. The largest absolute Gasteiger partial charge is 0.483 e. The maximum absolute atomic E-state index is 12.6. The highest BCUT2D eigenvalue weighted by Gasteiger charge is 2.31. The lowest BCUT2D eigenvalue weighted by molar-refractivity contribution is -0.124. The first kappa shape index (κ1) is 20.9. The average Bonchev–Trinajstić information content (AvgIpc) is 3.19. The second-order valence-corrected chi connectivity index (χ2v) is 8.96. The van der Waals surface area contributed by atoms with Gasteiger partial charge in [-0.1, -0.05) is 24.6 Å². The van der Waals surface area contributed by atoms with E-state index in [2.05, 4.69) is 46.0 Å². The van der Waals surface area contributed by atoms with Crippen LogP contribution >= 0.6 is 0 Å². The van der Waals surface area contributed by atoms with Crippen LogP contribution in [0.5, 0.6) is 5.75 Å². The molecule has 6 heteroatoms. The summed E-state index contributed by atoms with van der Waals surface area (Å²) in [6, 6.07) is 10.8.